The zero-order valence-electron chi connectivity index (χ0n) is 10.2. The van der Waals surface area contributed by atoms with Crippen molar-refractivity contribution in [3.05, 3.63) is 57.8 Å². The fourth-order valence-electron chi connectivity index (χ4n) is 1.72. The van der Waals surface area contributed by atoms with E-state index in [-0.39, 0.29) is 11.9 Å². The number of halogens is 3. The lowest BCUT2D eigenvalue weighted by molar-refractivity contribution is 0.585. The Bertz CT molecular complexity index is 602. The maximum atomic E-state index is 13.8. The first kappa shape index (κ1) is 14.7. The van der Waals surface area contributed by atoms with Crippen LogP contribution in [0.1, 0.15) is 18.5 Å². The van der Waals surface area contributed by atoms with E-state index < -0.39 is 0 Å². The first-order chi connectivity index (χ1) is 8.99. The van der Waals surface area contributed by atoms with E-state index in [1.807, 2.05) is 6.07 Å². The highest BCUT2D eigenvalue weighted by Gasteiger charge is 2.14. The Morgan fingerprint density at radius 2 is 1.89 bits per heavy atom. The van der Waals surface area contributed by atoms with Gasteiger partial charge in [0.1, 0.15) is 5.82 Å². The molecule has 0 radical (unpaired) electrons. The SMILES string of the molecule is C[C@@H](N)c1c(F)cccc1Sc1cc(Cl)ccc1Cl. The molecule has 5 heteroatoms. The van der Waals surface area contributed by atoms with Crippen molar-refractivity contribution in [1.29, 1.82) is 0 Å². The van der Waals surface area contributed by atoms with Gasteiger partial charge in [-0.15, -0.1) is 0 Å². The summed E-state index contributed by atoms with van der Waals surface area (Å²) in [5, 5.41) is 1.17. The molecule has 2 aromatic carbocycles. The van der Waals surface area contributed by atoms with Crippen LogP contribution in [0.3, 0.4) is 0 Å². The summed E-state index contributed by atoms with van der Waals surface area (Å²) in [4.78, 5) is 1.53. The third kappa shape index (κ3) is 3.42. The van der Waals surface area contributed by atoms with Crippen LogP contribution >= 0.6 is 35.0 Å². The maximum Gasteiger partial charge on any atom is 0.129 e. The van der Waals surface area contributed by atoms with E-state index in [2.05, 4.69) is 0 Å². The molecule has 0 bridgehead atoms. The summed E-state index contributed by atoms with van der Waals surface area (Å²) in [6.07, 6.45) is 0. The molecule has 2 aromatic rings. The average Bonchev–Trinajstić information content (AvgIpc) is 2.33. The Balaban J connectivity index is 2.44. The summed E-state index contributed by atoms with van der Waals surface area (Å²) in [5.74, 6) is -0.307. The van der Waals surface area contributed by atoms with Crippen LogP contribution in [0.4, 0.5) is 4.39 Å². The largest absolute Gasteiger partial charge is 0.324 e. The second kappa shape index (κ2) is 6.14. The first-order valence-corrected chi connectivity index (χ1v) is 7.23. The van der Waals surface area contributed by atoms with Gasteiger partial charge >= 0.3 is 0 Å². The number of hydrogen-bond donors (Lipinski definition) is 1. The smallest absolute Gasteiger partial charge is 0.129 e. The molecule has 0 saturated carbocycles. The minimum absolute atomic E-state index is 0.307. The molecular weight excluding hydrogens is 304 g/mol. The summed E-state index contributed by atoms with van der Waals surface area (Å²) in [6.45, 7) is 1.75. The van der Waals surface area contributed by atoms with Crippen molar-refractivity contribution in [2.75, 3.05) is 0 Å². The van der Waals surface area contributed by atoms with Crippen molar-refractivity contribution in [3.8, 4) is 0 Å². The van der Waals surface area contributed by atoms with Gasteiger partial charge in [-0.05, 0) is 37.3 Å². The molecule has 0 saturated heterocycles. The van der Waals surface area contributed by atoms with Crippen LogP contribution in [0.15, 0.2) is 46.2 Å². The summed E-state index contributed by atoms with van der Waals surface area (Å²) in [6, 6.07) is 9.68. The predicted octanol–water partition coefficient (Wildman–Crippen LogP) is 5.30. The minimum Gasteiger partial charge on any atom is -0.324 e. The zero-order chi connectivity index (χ0) is 14.0. The molecule has 0 aliphatic carbocycles. The van der Waals surface area contributed by atoms with E-state index in [0.717, 1.165) is 9.79 Å². The molecule has 2 rings (SSSR count). The molecule has 1 nitrogen and oxygen atoms in total. The third-order valence-electron chi connectivity index (χ3n) is 2.58. The molecule has 19 heavy (non-hydrogen) atoms. The van der Waals surface area contributed by atoms with Gasteiger partial charge in [0.25, 0.3) is 0 Å². The van der Waals surface area contributed by atoms with E-state index in [0.29, 0.717) is 15.6 Å². The lowest BCUT2D eigenvalue weighted by Crippen LogP contribution is -2.08. The van der Waals surface area contributed by atoms with Crippen LogP contribution in [0.25, 0.3) is 0 Å². The number of benzene rings is 2. The zero-order valence-corrected chi connectivity index (χ0v) is 12.5. The molecule has 100 valence electrons. The van der Waals surface area contributed by atoms with Gasteiger partial charge in [0.05, 0.1) is 5.02 Å². The summed E-state index contributed by atoms with van der Waals surface area (Å²) in [5.41, 5.74) is 6.31. The van der Waals surface area contributed by atoms with Crippen LogP contribution in [0.5, 0.6) is 0 Å². The second-order valence-electron chi connectivity index (χ2n) is 4.12. The molecule has 0 fully saturated rings. The van der Waals surface area contributed by atoms with Crippen LogP contribution < -0.4 is 5.73 Å². The van der Waals surface area contributed by atoms with E-state index in [4.69, 9.17) is 28.9 Å². The highest BCUT2D eigenvalue weighted by molar-refractivity contribution is 7.99. The van der Waals surface area contributed by atoms with Gasteiger partial charge in [-0.1, -0.05) is 41.0 Å². The van der Waals surface area contributed by atoms with Crippen molar-refractivity contribution in [3.63, 3.8) is 0 Å². The monoisotopic (exact) mass is 315 g/mol. The van der Waals surface area contributed by atoms with Crippen molar-refractivity contribution < 1.29 is 4.39 Å². The van der Waals surface area contributed by atoms with E-state index >= 15 is 0 Å². The Kier molecular flexibility index (Phi) is 4.74. The molecule has 0 aliphatic rings. The number of nitrogens with two attached hydrogens (primary N) is 1. The Morgan fingerprint density at radius 3 is 2.58 bits per heavy atom. The summed E-state index contributed by atoms with van der Waals surface area (Å²) < 4.78 is 13.8. The topological polar surface area (TPSA) is 26.0 Å². The number of rotatable bonds is 3. The molecule has 0 amide bonds. The minimum atomic E-state index is -0.387. The van der Waals surface area contributed by atoms with Gasteiger partial charge in [0.2, 0.25) is 0 Å². The van der Waals surface area contributed by atoms with Crippen LogP contribution in [0, 0.1) is 5.82 Å². The summed E-state index contributed by atoms with van der Waals surface area (Å²) in [7, 11) is 0. The average molecular weight is 316 g/mol. The lowest BCUT2D eigenvalue weighted by atomic mass is 10.1. The van der Waals surface area contributed by atoms with Gasteiger partial charge in [-0.2, -0.15) is 0 Å². The van der Waals surface area contributed by atoms with Gasteiger partial charge < -0.3 is 5.73 Å². The normalized spacial score (nSPS) is 12.5. The Hall–Kier alpha value is -0.740. The molecular formula is C14H12Cl2FNS. The van der Waals surface area contributed by atoms with Crippen molar-refractivity contribution >= 4 is 35.0 Å². The van der Waals surface area contributed by atoms with Gasteiger partial charge in [0, 0.05) is 26.4 Å². The Labute approximate surface area is 125 Å². The van der Waals surface area contributed by atoms with Crippen molar-refractivity contribution in [2.24, 2.45) is 5.73 Å². The van der Waals surface area contributed by atoms with Crippen molar-refractivity contribution in [1.82, 2.24) is 0 Å². The molecule has 0 spiro atoms. The van der Waals surface area contributed by atoms with E-state index in [1.165, 1.54) is 17.8 Å². The molecule has 1 atom stereocenters. The van der Waals surface area contributed by atoms with Gasteiger partial charge in [-0.25, -0.2) is 4.39 Å². The van der Waals surface area contributed by atoms with Gasteiger partial charge in [-0.3, -0.25) is 0 Å². The highest BCUT2D eigenvalue weighted by Crippen LogP contribution is 2.38. The standard InChI is InChI=1S/C14H12Cl2FNS/c1-8(18)14-11(17)3-2-4-12(14)19-13-7-9(15)5-6-10(13)16/h2-8H,18H2,1H3/t8-/m1/s1. The van der Waals surface area contributed by atoms with E-state index in [1.54, 1.807) is 31.2 Å². The fraction of sp³-hybridized carbons (Fsp3) is 0.143. The Morgan fingerprint density at radius 1 is 1.16 bits per heavy atom. The van der Waals surface area contributed by atoms with Gasteiger partial charge in [0.15, 0.2) is 0 Å². The van der Waals surface area contributed by atoms with Crippen LogP contribution in [0.2, 0.25) is 10.0 Å². The quantitative estimate of drug-likeness (QED) is 0.831. The second-order valence-corrected chi connectivity index (χ2v) is 6.04. The fourth-order valence-corrected chi connectivity index (χ4v) is 3.32. The molecule has 2 N–H and O–H groups in total. The van der Waals surface area contributed by atoms with E-state index in [9.17, 15) is 4.39 Å². The predicted molar refractivity (Wildman–Crippen MR) is 79.6 cm³/mol. The van der Waals surface area contributed by atoms with Crippen molar-refractivity contribution in [2.45, 2.75) is 22.8 Å². The lowest BCUT2D eigenvalue weighted by Gasteiger charge is -2.14. The molecule has 0 aliphatic heterocycles. The van der Waals surface area contributed by atoms with Crippen LogP contribution in [-0.2, 0) is 0 Å². The molecule has 0 heterocycles. The maximum absolute atomic E-state index is 13.8. The molecule has 0 aromatic heterocycles. The number of hydrogen-bond acceptors (Lipinski definition) is 2. The highest BCUT2D eigenvalue weighted by atomic mass is 35.5. The third-order valence-corrected chi connectivity index (χ3v) is 4.39. The first-order valence-electron chi connectivity index (χ1n) is 5.66. The molecule has 0 unspecified atom stereocenters. The summed E-state index contributed by atoms with van der Waals surface area (Å²) >= 11 is 13.4. The van der Waals surface area contributed by atoms with Crippen LogP contribution in [-0.4, -0.2) is 0 Å².